The number of allylic oxidation sites excluding steroid dienone is 4. The number of aromatic nitrogens is 1. The predicted octanol–water partition coefficient (Wildman–Crippen LogP) is 2.38. The summed E-state index contributed by atoms with van der Waals surface area (Å²) in [6.45, 7) is 0. The summed E-state index contributed by atoms with van der Waals surface area (Å²) in [5, 5.41) is 3.29. The SMILES string of the molecule is O=C1CCC2=C(OC3=C(F)C(F)=CC4Cc5c(F)noc5N2C34)C1=O. The molecule has 2 atom stereocenters. The van der Waals surface area contributed by atoms with Crippen molar-refractivity contribution in [3.05, 3.63) is 46.5 Å². The molecule has 128 valence electrons. The van der Waals surface area contributed by atoms with E-state index in [2.05, 4.69) is 5.16 Å². The van der Waals surface area contributed by atoms with Crippen molar-refractivity contribution in [2.75, 3.05) is 4.90 Å². The second kappa shape index (κ2) is 4.62. The second-order valence-electron chi connectivity index (χ2n) is 6.26. The van der Waals surface area contributed by atoms with E-state index < -0.39 is 46.9 Å². The molecule has 3 heterocycles. The van der Waals surface area contributed by atoms with E-state index in [0.717, 1.165) is 6.08 Å². The minimum absolute atomic E-state index is 0.0257. The van der Waals surface area contributed by atoms with Gasteiger partial charge >= 0.3 is 0 Å². The first-order chi connectivity index (χ1) is 12.0. The fourth-order valence-electron chi connectivity index (χ4n) is 3.84. The monoisotopic (exact) mass is 350 g/mol. The molecule has 0 fully saturated rings. The Bertz CT molecular complexity index is 959. The van der Waals surface area contributed by atoms with Crippen molar-refractivity contribution < 1.29 is 32.0 Å². The number of anilines is 1. The molecule has 4 aliphatic rings. The van der Waals surface area contributed by atoms with Crippen LogP contribution in [0.1, 0.15) is 18.4 Å². The highest BCUT2D eigenvalue weighted by atomic mass is 19.2. The minimum atomic E-state index is -1.24. The summed E-state index contributed by atoms with van der Waals surface area (Å²) in [5.74, 6) is -6.20. The number of halogens is 3. The normalized spacial score (nSPS) is 27.6. The van der Waals surface area contributed by atoms with Crippen LogP contribution in [0.15, 0.2) is 39.5 Å². The molecule has 25 heavy (non-hydrogen) atoms. The Balaban J connectivity index is 1.80. The summed E-state index contributed by atoms with van der Waals surface area (Å²) < 4.78 is 52.6. The van der Waals surface area contributed by atoms with Crippen LogP contribution in [0, 0.1) is 11.9 Å². The first-order valence-electron chi connectivity index (χ1n) is 7.66. The summed E-state index contributed by atoms with van der Waals surface area (Å²) in [4.78, 5) is 25.3. The third-order valence-electron chi connectivity index (χ3n) is 4.93. The maximum absolute atomic E-state index is 14.3. The zero-order valence-corrected chi connectivity index (χ0v) is 12.5. The van der Waals surface area contributed by atoms with Crippen molar-refractivity contribution in [3.63, 3.8) is 0 Å². The number of Topliss-reactive ketones (excluding diaryl/α,β-unsaturated/α-hetero) is 2. The molecule has 2 aliphatic carbocycles. The van der Waals surface area contributed by atoms with Crippen molar-refractivity contribution >= 4 is 17.5 Å². The molecule has 0 saturated carbocycles. The van der Waals surface area contributed by atoms with Gasteiger partial charge in [0.15, 0.2) is 23.2 Å². The van der Waals surface area contributed by atoms with Gasteiger partial charge in [0.2, 0.25) is 11.7 Å². The lowest BCUT2D eigenvalue weighted by molar-refractivity contribution is -0.137. The molecule has 1 aromatic rings. The molecule has 0 aromatic carbocycles. The van der Waals surface area contributed by atoms with E-state index >= 15 is 0 Å². The zero-order chi connectivity index (χ0) is 17.5. The van der Waals surface area contributed by atoms with Crippen LogP contribution >= 0.6 is 0 Å². The summed E-state index contributed by atoms with van der Waals surface area (Å²) in [5.41, 5.74) is 0.411. The van der Waals surface area contributed by atoms with Crippen LogP contribution in [0.25, 0.3) is 0 Å². The fourth-order valence-corrected chi connectivity index (χ4v) is 3.84. The van der Waals surface area contributed by atoms with Gasteiger partial charge in [0.25, 0.3) is 11.7 Å². The standard InChI is InChI=1S/C16H9F3N2O4/c17-7-4-5-3-6-15(19)20-25-16(6)21-8-1-2-9(22)12(23)13(8)24-14(10(7)18)11(5)21/h4-5,11H,1-3H2. The van der Waals surface area contributed by atoms with E-state index in [1.165, 1.54) is 4.90 Å². The lowest BCUT2D eigenvalue weighted by atomic mass is 9.81. The maximum atomic E-state index is 14.3. The van der Waals surface area contributed by atoms with E-state index in [4.69, 9.17) is 9.26 Å². The van der Waals surface area contributed by atoms with Gasteiger partial charge < -0.3 is 9.26 Å². The molecule has 1 aromatic heterocycles. The number of carbonyl (C=O) groups is 2. The van der Waals surface area contributed by atoms with Gasteiger partial charge in [-0.25, -0.2) is 4.39 Å². The fraction of sp³-hybridized carbons (Fsp3) is 0.312. The molecule has 2 aliphatic heterocycles. The summed E-state index contributed by atoms with van der Waals surface area (Å²) >= 11 is 0. The lowest BCUT2D eigenvalue weighted by Gasteiger charge is -2.46. The molecule has 5 rings (SSSR count). The number of nitrogens with zero attached hydrogens (tertiary/aromatic N) is 2. The van der Waals surface area contributed by atoms with Gasteiger partial charge in [0.1, 0.15) is 6.04 Å². The summed E-state index contributed by atoms with van der Waals surface area (Å²) in [7, 11) is 0. The molecule has 0 bridgehead atoms. The van der Waals surface area contributed by atoms with Gasteiger partial charge in [-0.3, -0.25) is 14.5 Å². The minimum Gasteiger partial charge on any atom is -0.450 e. The largest absolute Gasteiger partial charge is 0.450 e. The first kappa shape index (κ1) is 14.5. The number of rotatable bonds is 0. The Kier molecular flexibility index (Phi) is 2.68. The third kappa shape index (κ3) is 1.72. The van der Waals surface area contributed by atoms with Gasteiger partial charge in [0.05, 0.1) is 11.3 Å². The van der Waals surface area contributed by atoms with Gasteiger partial charge in [-0.1, -0.05) is 0 Å². The number of hydrogen-bond acceptors (Lipinski definition) is 6. The van der Waals surface area contributed by atoms with Gasteiger partial charge in [0, 0.05) is 12.3 Å². The van der Waals surface area contributed by atoms with Gasteiger partial charge in [-0.2, -0.15) is 8.78 Å². The Morgan fingerprint density at radius 1 is 1.20 bits per heavy atom. The van der Waals surface area contributed by atoms with Crippen LogP contribution in [0.2, 0.25) is 0 Å². The first-order valence-corrected chi connectivity index (χ1v) is 7.66. The average Bonchev–Trinajstić information content (AvgIpc) is 2.96. The smallest absolute Gasteiger partial charge is 0.265 e. The third-order valence-corrected chi connectivity index (χ3v) is 4.93. The topological polar surface area (TPSA) is 72.6 Å². The molecule has 0 spiro atoms. The van der Waals surface area contributed by atoms with Crippen LogP contribution in [0.3, 0.4) is 0 Å². The van der Waals surface area contributed by atoms with Crippen LogP contribution in [-0.2, 0) is 20.7 Å². The number of hydrogen-bond donors (Lipinski definition) is 0. The quantitative estimate of drug-likeness (QED) is 0.669. The number of ether oxygens (including phenoxy) is 1. The highest BCUT2D eigenvalue weighted by Gasteiger charge is 2.52. The Morgan fingerprint density at radius 2 is 2.00 bits per heavy atom. The molecular weight excluding hydrogens is 341 g/mol. The van der Waals surface area contributed by atoms with Gasteiger partial charge in [-0.15, -0.1) is 0 Å². The van der Waals surface area contributed by atoms with E-state index in [1.54, 1.807) is 0 Å². The van der Waals surface area contributed by atoms with E-state index in [-0.39, 0.29) is 36.5 Å². The highest BCUT2D eigenvalue weighted by molar-refractivity contribution is 6.44. The van der Waals surface area contributed by atoms with Crippen molar-refractivity contribution in [3.8, 4) is 0 Å². The second-order valence-corrected chi connectivity index (χ2v) is 6.26. The molecule has 9 heteroatoms. The molecule has 0 radical (unpaired) electrons. The molecule has 0 amide bonds. The number of carbonyl (C=O) groups excluding carboxylic acids is 2. The molecule has 0 saturated heterocycles. The van der Waals surface area contributed by atoms with E-state index in [0.29, 0.717) is 5.70 Å². The van der Waals surface area contributed by atoms with Crippen molar-refractivity contribution in [2.45, 2.75) is 25.3 Å². The van der Waals surface area contributed by atoms with Crippen molar-refractivity contribution in [2.24, 2.45) is 5.92 Å². The molecule has 0 N–H and O–H groups in total. The Labute approximate surface area is 138 Å². The zero-order valence-electron chi connectivity index (χ0n) is 12.5. The Hall–Kier alpha value is -2.84. The van der Waals surface area contributed by atoms with Crippen molar-refractivity contribution in [1.82, 2.24) is 5.16 Å². The van der Waals surface area contributed by atoms with E-state index in [1.807, 2.05) is 0 Å². The highest BCUT2D eigenvalue weighted by Crippen LogP contribution is 2.50. The van der Waals surface area contributed by atoms with Crippen LogP contribution < -0.4 is 4.90 Å². The Morgan fingerprint density at radius 3 is 2.80 bits per heavy atom. The summed E-state index contributed by atoms with van der Waals surface area (Å²) in [6.07, 6.45) is 1.21. The number of ketones is 2. The van der Waals surface area contributed by atoms with Crippen molar-refractivity contribution in [1.29, 1.82) is 0 Å². The lowest BCUT2D eigenvalue weighted by Crippen LogP contribution is -2.52. The number of fused-ring (bicyclic) bond motifs is 3. The summed E-state index contributed by atoms with van der Waals surface area (Å²) in [6, 6.07) is -0.820. The molecule has 6 nitrogen and oxygen atoms in total. The van der Waals surface area contributed by atoms with Crippen LogP contribution in [0.4, 0.5) is 19.1 Å². The van der Waals surface area contributed by atoms with Gasteiger partial charge in [-0.05, 0) is 24.1 Å². The predicted molar refractivity (Wildman–Crippen MR) is 74.6 cm³/mol. The molecular formula is C16H9F3N2O4. The molecule has 2 unspecified atom stereocenters. The van der Waals surface area contributed by atoms with Crippen LogP contribution in [-0.4, -0.2) is 22.8 Å². The average molecular weight is 350 g/mol. The maximum Gasteiger partial charge on any atom is 0.265 e. The van der Waals surface area contributed by atoms with Crippen LogP contribution in [0.5, 0.6) is 0 Å². The van der Waals surface area contributed by atoms with E-state index in [9.17, 15) is 22.8 Å².